The average Bonchev–Trinajstić information content (AvgIpc) is 3.13. The maximum absolute atomic E-state index is 13.0. The van der Waals surface area contributed by atoms with Crippen molar-refractivity contribution in [3.05, 3.63) is 0 Å². The molecule has 0 aliphatic heterocycles. The Morgan fingerprint density at radius 3 is 2.21 bits per heavy atom. The van der Waals surface area contributed by atoms with Crippen molar-refractivity contribution in [3.63, 3.8) is 0 Å². The van der Waals surface area contributed by atoms with E-state index < -0.39 is 0 Å². The molecule has 7 nitrogen and oxygen atoms in total. The maximum Gasteiger partial charge on any atom is 0.306 e. The Morgan fingerprint density at radius 1 is 0.842 bits per heavy atom. The van der Waals surface area contributed by atoms with Crippen molar-refractivity contribution in [2.24, 2.45) is 46.3 Å². The Morgan fingerprint density at radius 2 is 1.55 bits per heavy atom. The van der Waals surface area contributed by atoms with Crippen molar-refractivity contribution in [1.82, 2.24) is 0 Å². The van der Waals surface area contributed by atoms with Gasteiger partial charge in [-0.2, -0.15) is 0 Å². The van der Waals surface area contributed by atoms with Gasteiger partial charge in [-0.25, -0.2) is 0 Å². The van der Waals surface area contributed by atoms with Crippen LogP contribution in [0.2, 0.25) is 0 Å². The largest absolute Gasteiger partial charge is 0.466 e. The zero-order valence-electron chi connectivity index (χ0n) is 24.3. The molecule has 0 bridgehead atoms. The summed E-state index contributed by atoms with van der Waals surface area (Å²) in [5, 5.41) is 0. The van der Waals surface area contributed by atoms with Crippen molar-refractivity contribution < 1.29 is 33.4 Å². The first-order valence-electron chi connectivity index (χ1n) is 14.9. The lowest BCUT2D eigenvalue weighted by Crippen LogP contribution is -2.54. The smallest absolute Gasteiger partial charge is 0.306 e. The summed E-state index contributed by atoms with van der Waals surface area (Å²) < 4.78 is 16.7. The van der Waals surface area contributed by atoms with Crippen molar-refractivity contribution in [2.45, 2.75) is 118 Å². The van der Waals surface area contributed by atoms with Crippen LogP contribution in [0.25, 0.3) is 0 Å². The van der Waals surface area contributed by atoms with Crippen LogP contribution < -0.4 is 0 Å². The highest BCUT2D eigenvalue weighted by Gasteiger charge is 2.64. The zero-order chi connectivity index (χ0) is 27.8. The molecule has 4 saturated carbocycles. The van der Waals surface area contributed by atoms with E-state index in [9.17, 15) is 19.2 Å². The van der Waals surface area contributed by atoms with Crippen LogP contribution in [0.5, 0.6) is 0 Å². The molecule has 0 saturated heterocycles. The molecule has 4 rings (SSSR count). The van der Waals surface area contributed by atoms with E-state index in [4.69, 9.17) is 14.2 Å². The summed E-state index contributed by atoms with van der Waals surface area (Å²) in [7, 11) is 0. The fourth-order valence-corrected chi connectivity index (χ4v) is 9.33. The first-order chi connectivity index (χ1) is 17.8. The number of hydrogen-bond acceptors (Lipinski definition) is 7. The number of ketones is 1. The molecule has 0 aromatic carbocycles. The zero-order valence-corrected chi connectivity index (χ0v) is 24.3. The summed E-state index contributed by atoms with van der Waals surface area (Å²) in [6.45, 7) is 11.6. The standard InChI is InChI=1S/C31H48O7/c1-18(17-36-20(3)33)7-10-28(35)38-27-16-26-24-9-8-22-15-23(37-21(4)34)11-13-30(22,5)25(24)12-14-31(26,6)29(27)19(2)32/h18,22-27,29H,7-17H2,1-6H3/t18?,22?,23?,24-,25+,26+,27?,29+,30+,31+/m1/s1. The predicted molar refractivity (Wildman–Crippen MR) is 142 cm³/mol. The predicted octanol–water partition coefficient (Wildman–Crippen LogP) is 5.67. The molecule has 214 valence electrons. The number of ether oxygens (including phenoxy) is 3. The van der Waals surface area contributed by atoms with Gasteiger partial charge in [-0.3, -0.25) is 19.2 Å². The average molecular weight is 533 g/mol. The van der Waals surface area contributed by atoms with Crippen molar-refractivity contribution in [1.29, 1.82) is 0 Å². The summed E-state index contributed by atoms with van der Waals surface area (Å²) >= 11 is 0. The molecule has 0 amide bonds. The highest BCUT2D eigenvalue weighted by Crippen LogP contribution is 2.68. The van der Waals surface area contributed by atoms with E-state index in [2.05, 4.69) is 13.8 Å². The van der Waals surface area contributed by atoms with Gasteiger partial charge >= 0.3 is 17.9 Å². The number of esters is 3. The monoisotopic (exact) mass is 532 g/mol. The van der Waals surface area contributed by atoms with E-state index in [1.165, 1.54) is 13.8 Å². The molecule has 4 fully saturated rings. The van der Waals surface area contributed by atoms with Gasteiger partial charge in [0.05, 0.1) is 12.5 Å². The van der Waals surface area contributed by atoms with Gasteiger partial charge in [0, 0.05) is 20.3 Å². The third kappa shape index (κ3) is 5.67. The summed E-state index contributed by atoms with van der Waals surface area (Å²) in [6, 6.07) is 0. The number of carbonyl (C=O) groups is 4. The Labute approximate surface area is 228 Å². The van der Waals surface area contributed by atoms with Crippen LogP contribution in [0.15, 0.2) is 0 Å². The van der Waals surface area contributed by atoms with E-state index in [-0.39, 0.29) is 65.0 Å². The normalized spacial score (nSPS) is 40.6. The summed E-state index contributed by atoms with van der Waals surface area (Å²) in [4.78, 5) is 48.5. The molecule has 4 unspecified atom stereocenters. The molecule has 38 heavy (non-hydrogen) atoms. The Hall–Kier alpha value is -1.92. The second kappa shape index (κ2) is 11.3. The molecule has 0 aromatic heterocycles. The maximum atomic E-state index is 13.0. The fraction of sp³-hybridized carbons (Fsp3) is 0.871. The topological polar surface area (TPSA) is 96.0 Å². The van der Waals surface area contributed by atoms with Crippen molar-refractivity contribution in [3.8, 4) is 0 Å². The minimum absolute atomic E-state index is 0.0464. The van der Waals surface area contributed by atoms with Crippen molar-refractivity contribution in [2.75, 3.05) is 6.61 Å². The van der Waals surface area contributed by atoms with Crippen molar-refractivity contribution >= 4 is 23.7 Å². The number of fused-ring (bicyclic) bond motifs is 5. The van der Waals surface area contributed by atoms with Gasteiger partial charge in [0.2, 0.25) is 0 Å². The number of carbonyl (C=O) groups excluding carboxylic acids is 4. The summed E-state index contributed by atoms with van der Waals surface area (Å²) in [6.07, 6.45) is 8.67. The van der Waals surface area contributed by atoms with E-state index in [1.54, 1.807) is 6.92 Å². The van der Waals surface area contributed by atoms with Gasteiger partial charge in [0.1, 0.15) is 18.0 Å². The lowest BCUT2D eigenvalue weighted by atomic mass is 9.44. The Kier molecular flexibility index (Phi) is 8.64. The molecule has 0 radical (unpaired) electrons. The second-order valence-electron chi connectivity index (χ2n) is 13.5. The van der Waals surface area contributed by atoms with Crippen LogP contribution in [-0.4, -0.2) is 42.5 Å². The minimum Gasteiger partial charge on any atom is -0.466 e. The van der Waals surface area contributed by atoms with Crippen LogP contribution in [0.1, 0.15) is 106 Å². The van der Waals surface area contributed by atoms with Gasteiger partial charge in [0.25, 0.3) is 0 Å². The highest BCUT2D eigenvalue weighted by molar-refractivity contribution is 5.81. The van der Waals surface area contributed by atoms with Crippen LogP contribution in [0, 0.1) is 46.3 Å². The minimum atomic E-state index is -0.359. The van der Waals surface area contributed by atoms with Gasteiger partial charge in [-0.15, -0.1) is 0 Å². The Balaban J connectivity index is 1.43. The molecular weight excluding hydrogens is 484 g/mol. The van der Waals surface area contributed by atoms with Gasteiger partial charge < -0.3 is 14.2 Å². The summed E-state index contributed by atoms with van der Waals surface area (Å²) in [5.74, 6) is 1.29. The first kappa shape index (κ1) is 29.1. The molecule has 10 atom stereocenters. The molecule has 0 aromatic rings. The molecule has 0 heterocycles. The number of rotatable bonds is 8. The van der Waals surface area contributed by atoms with Gasteiger partial charge in [0.15, 0.2) is 0 Å². The third-order valence-corrected chi connectivity index (χ3v) is 11.1. The van der Waals surface area contributed by atoms with Crippen LogP contribution >= 0.6 is 0 Å². The summed E-state index contributed by atoms with van der Waals surface area (Å²) in [5.41, 5.74) is 0.0954. The van der Waals surface area contributed by atoms with E-state index in [0.29, 0.717) is 36.7 Å². The van der Waals surface area contributed by atoms with E-state index >= 15 is 0 Å². The van der Waals surface area contributed by atoms with Crippen LogP contribution in [-0.2, 0) is 33.4 Å². The number of hydrogen-bond donors (Lipinski definition) is 0. The molecule has 4 aliphatic rings. The fourth-order valence-electron chi connectivity index (χ4n) is 9.33. The van der Waals surface area contributed by atoms with Gasteiger partial charge in [-0.1, -0.05) is 20.8 Å². The lowest BCUT2D eigenvalue weighted by molar-refractivity contribution is -0.162. The molecule has 4 aliphatic carbocycles. The number of Topliss-reactive ketones (excluding diaryl/α,β-unsaturated/α-hetero) is 1. The lowest BCUT2D eigenvalue weighted by Gasteiger charge is -2.60. The first-order valence-corrected chi connectivity index (χ1v) is 14.9. The second-order valence-corrected chi connectivity index (χ2v) is 13.5. The molecule has 0 N–H and O–H groups in total. The molecule has 7 heteroatoms. The molecule has 0 spiro atoms. The van der Waals surface area contributed by atoms with E-state index in [1.807, 2.05) is 6.92 Å². The highest BCUT2D eigenvalue weighted by atomic mass is 16.5. The van der Waals surface area contributed by atoms with Crippen LogP contribution in [0.4, 0.5) is 0 Å². The quantitative estimate of drug-likeness (QED) is 0.294. The third-order valence-electron chi connectivity index (χ3n) is 11.1. The SMILES string of the molecule is CC(=O)OCC(C)CCC(=O)OC1C[C@H]2[C@@H]3CCC4CC(OC(C)=O)CC[C@]4(C)[C@H]3CC[C@]2(C)[C@H]1C(C)=O. The van der Waals surface area contributed by atoms with Crippen LogP contribution in [0.3, 0.4) is 0 Å². The Bertz CT molecular complexity index is 929. The van der Waals surface area contributed by atoms with E-state index in [0.717, 1.165) is 51.4 Å². The van der Waals surface area contributed by atoms with Gasteiger partial charge in [-0.05, 0) is 105 Å². The molecular formula is C31H48O7.